The molecular weight excluding hydrogens is 268 g/mol. The van der Waals surface area contributed by atoms with Crippen LogP contribution in [0.4, 0.5) is 0 Å². The van der Waals surface area contributed by atoms with Crippen molar-refractivity contribution in [3.05, 3.63) is 22.7 Å². The molecular formula is C13H17BrO2. The van der Waals surface area contributed by atoms with Crippen LogP contribution >= 0.6 is 15.9 Å². The van der Waals surface area contributed by atoms with E-state index >= 15 is 0 Å². The molecule has 1 aliphatic rings. The first-order valence-electron chi connectivity index (χ1n) is 5.76. The molecule has 0 aliphatic heterocycles. The summed E-state index contributed by atoms with van der Waals surface area (Å²) in [5.74, 6) is 2.50. The van der Waals surface area contributed by atoms with E-state index in [0.29, 0.717) is 0 Å². The topological polar surface area (TPSA) is 18.5 Å². The fourth-order valence-corrected chi connectivity index (χ4v) is 2.58. The smallest absolute Gasteiger partial charge is 0.133 e. The van der Waals surface area contributed by atoms with E-state index in [0.717, 1.165) is 28.5 Å². The van der Waals surface area contributed by atoms with Crippen LogP contribution in [0.25, 0.3) is 0 Å². The maximum atomic E-state index is 5.82. The molecule has 1 aromatic carbocycles. The van der Waals surface area contributed by atoms with Crippen molar-refractivity contribution in [2.24, 2.45) is 5.92 Å². The molecule has 1 aliphatic carbocycles. The van der Waals surface area contributed by atoms with Crippen molar-refractivity contribution >= 4 is 15.9 Å². The summed E-state index contributed by atoms with van der Waals surface area (Å²) < 4.78 is 11.9. The molecule has 16 heavy (non-hydrogen) atoms. The van der Waals surface area contributed by atoms with Crippen molar-refractivity contribution in [2.75, 3.05) is 13.7 Å². The zero-order valence-electron chi connectivity index (χ0n) is 9.54. The van der Waals surface area contributed by atoms with Crippen LogP contribution in [0, 0.1) is 5.92 Å². The third-order valence-corrected chi connectivity index (χ3v) is 3.71. The van der Waals surface area contributed by atoms with Crippen LogP contribution in [0.1, 0.15) is 25.7 Å². The van der Waals surface area contributed by atoms with Crippen molar-refractivity contribution in [3.63, 3.8) is 0 Å². The molecule has 0 N–H and O–H groups in total. The van der Waals surface area contributed by atoms with Gasteiger partial charge in [0, 0.05) is 0 Å². The minimum absolute atomic E-state index is 0.744. The van der Waals surface area contributed by atoms with E-state index in [1.165, 1.54) is 25.7 Å². The molecule has 0 amide bonds. The Labute approximate surface area is 105 Å². The average Bonchev–Trinajstić information content (AvgIpc) is 2.80. The second-order valence-electron chi connectivity index (χ2n) is 4.26. The van der Waals surface area contributed by atoms with E-state index in [4.69, 9.17) is 9.47 Å². The molecule has 0 heterocycles. The molecule has 2 nitrogen and oxygen atoms in total. The lowest BCUT2D eigenvalue weighted by atomic mass is 10.1. The molecule has 0 spiro atoms. The standard InChI is InChI=1S/C13H17BrO2/c1-15-11-6-7-13(12(14)8-11)16-9-10-4-2-3-5-10/h6-8,10H,2-5,9H2,1H3. The Morgan fingerprint density at radius 1 is 1.31 bits per heavy atom. The van der Waals surface area contributed by atoms with Gasteiger partial charge < -0.3 is 9.47 Å². The number of halogens is 1. The van der Waals surface area contributed by atoms with Crippen LogP contribution in [0.5, 0.6) is 11.5 Å². The van der Waals surface area contributed by atoms with Gasteiger partial charge in [-0.05, 0) is 52.9 Å². The van der Waals surface area contributed by atoms with Crippen LogP contribution in [0.2, 0.25) is 0 Å². The molecule has 2 rings (SSSR count). The Balaban J connectivity index is 1.93. The maximum Gasteiger partial charge on any atom is 0.133 e. The number of ether oxygens (including phenoxy) is 2. The highest BCUT2D eigenvalue weighted by Gasteiger charge is 2.16. The van der Waals surface area contributed by atoms with E-state index in [1.54, 1.807) is 7.11 Å². The monoisotopic (exact) mass is 284 g/mol. The fraction of sp³-hybridized carbons (Fsp3) is 0.538. The predicted octanol–water partition coefficient (Wildman–Crippen LogP) is 4.03. The average molecular weight is 285 g/mol. The molecule has 0 atom stereocenters. The Hall–Kier alpha value is -0.700. The molecule has 1 saturated carbocycles. The summed E-state index contributed by atoms with van der Waals surface area (Å²) in [5.41, 5.74) is 0. The number of hydrogen-bond acceptors (Lipinski definition) is 2. The van der Waals surface area contributed by atoms with Gasteiger partial charge in [-0.15, -0.1) is 0 Å². The summed E-state index contributed by atoms with van der Waals surface area (Å²) in [6, 6.07) is 5.82. The zero-order chi connectivity index (χ0) is 11.4. The highest BCUT2D eigenvalue weighted by Crippen LogP contribution is 2.31. The SMILES string of the molecule is COc1ccc(OCC2CCCC2)c(Br)c1. The van der Waals surface area contributed by atoms with Gasteiger partial charge in [0.25, 0.3) is 0 Å². The van der Waals surface area contributed by atoms with E-state index < -0.39 is 0 Å². The predicted molar refractivity (Wildman–Crippen MR) is 68.1 cm³/mol. The third kappa shape index (κ3) is 2.91. The molecule has 0 unspecified atom stereocenters. The van der Waals surface area contributed by atoms with E-state index in [-0.39, 0.29) is 0 Å². The summed E-state index contributed by atoms with van der Waals surface area (Å²) in [6.07, 6.45) is 5.34. The van der Waals surface area contributed by atoms with E-state index in [1.807, 2.05) is 18.2 Å². The quantitative estimate of drug-likeness (QED) is 0.831. The Bertz CT molecular complexity index is 346. The molecule has 0 bridgehead atoms. The number of benzene rings is 1. The zero-order valence-corrected chi connectivity index (χ0v) is 11.1. The lowest BCUT2D eigenvalue weighted by Gasteiger charge is -2.13. The van der Waals surface area contributed by atoms with Crippen LogP contribution < -0.4 is 9.47 Å². The molecule has 1 aromatic rings. The molecule has 3 heteroatoms. The number of hydrogen-bond donors (Lipinski definition) is 0. The number of rotatable bonds is 4. The lowest BCUT2D eigenvalue weighted by Crippen LogP contribution is -2.08. The van der Waals surface area contributed by atoms with Crippen molar-refractivity contribution in [1.82, 2.24) is 0 Å². The summed E-state index contributed by atoms with van der Waals surface area (Å²) in [5, 5.41) is 0. The number of methoxy groups -OCH3 is 1. The molecule has 1 fully saturated rings. The van der Waals surface area contributed by atoms with Gasteiger partial charge >= 0.3 is 0 Å². The first kappa shape index (κ1) is 11.8. The summed E-state index contributed by atoms with van der Waals surface area (Å²) >= 11 is 3.49. The lowest BCUT2D eigenvalue weighted by molar-refractivity contribution is 0.250. The second-order valence-corrected chi connectivity index (χ2v) is 5.11. The van der Waals surface area contributed by atoms with Crippen LogP contribution in [-0.2, 0) is 0 Å². The normalized spacial score (nSPS) is 16.4. The Kier molecular flexibility index (Phi) is 4.10. The van der Waals surface area contributed by atoms with Crippen LogP contribution in [0.15, 0.2) is 22.7 Å². The molecule has 0 saturated heterocycles. The van der Waals surface area contributed by atoms with Crippen molar-refractivity contribution < 1.29 is 9.47 Å². The van der Waals surface area contributed by atoms with Gasteiger partial charge in [-0.1, -0.05) is 12.8 Å². The Morgan fingerprint density at radius 3 is 2.69 bits per heavy atom. The second kappa shape index (κ2) is 5.58. The third-order valence-electron chi connectivity index (χ3n) is 3.09. The van der Waals surface area contributed by atoms with Crippen molar-refractivity contribution in [2.45, 2.75) is 25.7 Å². The van der Waals surface area contributed by atoms with Crippen molar-refractivity contribution in [1.29, 1.82) is 0 Å². The largest absolute Gasteiger partial charge is 0.497 e. The molecule has 0 radical (unpaired) electrons. The summed E-state index contributed by atoms with van der Waals surface area (Å²) in [6.45, 7) is 0.838. The van der Waals surface area contributed by atoms with Gasteiger partial charge in [0.1, 0.15) is 11.5 Å². The minimum atomic E-state index is 0.744. The highest BCUT2D eigenvalue weighted by molar-refractivity contribution is 9.10. The van der Waals surface area contributed by atoms with Gasteiger partial charge in [-0.2, -0.15) is 0 Å². The van der Waals surface area contributed by atoms with Crippen LogP contribution in [-0.4, -0.2) is 13.7 Å². The molecule has 88 valence electrons. The highest BCUT2D eigenvalue weighted by atomic mass is 79.9. The summed E-state index contributed by atoms with van der Waals surface area (Å²) in [4.78, 5) is 0. The van der Waals surface area contributed by atoms with Crippen molar-refractivity contribution in [3.8, 4) is 11.5 Å². The Morgan fingerprint density at radius 2 is 2.06 bits per heavy atom. The fourth-order valence-electron chi connectivity index (χ4n) is 2.11. The van der Waals surface area contributed by atoms with Crippen LogP contribution in [0.3, 0.4) is 0 Å². The van der Waals surface area contributed by atoms with Gasteiger partial charge in [0.05, 0.1) is 18.2 Å². The maximum absolute atomic E-state index is 5.82. The summed E-state index contributed by atoms with van der Waals surface area (Å²) in [7, 11) is 1.67. The van der Waals surface area contributed by atoms with E-state index in [9.17, 15) is 0 Å². The van der Waals surface area contributed by atoms with E-state index in [2.05, 4.69) is 15.9 Å². The minimum Gasteiger partial charge on any atom is -0.497 e. The van der Waals surface area contributed by atoms with Gasteiger partial charge in [-0.25, -0.2) is 0 Å². The van der Waals surface area contributed by atoms with Gasteiger partial charge in [-0.3, -0.25) is 0 Å². The van der Waals surface area contributed by atoms with Gasteiger partial charge in [0.2, 0.25) is 0 Å². The van der Waals surface area contributed by atoms with Gasteiger partial charge in [0.15, 0.2) is 0 Å². The molecule has 0 aromatic heterocycles. The first-order chi connectivity index (χ1) is 7.79. The first-order valence-corrected chi connectivity index (χ1v) is 6.55.